The molecule has 0 bridgehead atoms. The highest BCUT2D eigenvalue weighted by Crippen LogP contribution is 2.26. The molecule has 0 aliphatic carbocycles. The summed E-state index contributed by atoms with van der Waals surface area (Å²) in [7, 11) is 0. The first-order valence-electron chi connectivity index (χ1n) is 8.47. The number of amides is 1. The average molecular weight is 388 g/mol. The van der Waals surface area contributed by atoms with Gasteiger partial charge in [0.15, 0.2) is 0 Å². The molecule has 24 heavy (non-hydrogen) atoms. The minimum Gasteiger partial charge on any atom is -0.354 e. The van der Waals surface area contributed by atoms with Gasteiger partial charge in [-0.05, 0) is 65.9 Å². The fourth-order valence-electron chi connectivity index (χ4n) is 3.20. The van der Waals surface area contributed by atoms with Gasteiger partial charge in [-0.2, -0.15) is 0 Å². The summed E-state index contributed by atoms with van der Waals surface area (Å²) >= 11 is 3.41. The van der Waals surface area contributed by atoms with Crippen LogP contribution in [0, 0.1) is 0 Å². The zero-order valence-electron chi connectivity index (χ0n) is 13.8. The number of nitrogens with zero attached hydrogens (tertiary/aromatic N) is 2. The van der Waals surface area contributed by atoms with Crippen LogP contribution in [0.2, 0.25) is 0 Å². The minimum absolute atomic E-state index is 0.138. The second-order valence-electron chi connectivity index (χ2n) is 6.09. The summed E-state index contributed by atoms with van der Waals surface area (Å²) in [5.74, 6) is 0.863. The molecule has 0 saturated carbocycles. The van der Waals surface area contributed by atoms with E-state index in [1.54, 1.807) is 12.3 Å². The second kappa shape index (κ2) is 7.79. The smallest absolute Gasteiger partial charge is 0.256 e. The Hall–Kier alpha value is -1.88. The Balaban J connectivity index is 1.70. The van der Waals surface area contributed by atoms with Crippen molar-refractivity contribution in [2.45, 2.75) is 38.6 Å². The monoisotopic (exact) mass is 387 g/mol. The van der Waals surface area contributed by atoms with E-state index in [-0.39, 0.29) is 5.91 Å². The second-order valence-corrected chi connectivity index (χ2v) is 6.94. The minimum atomic E-state index is -0.138. The van der Waals surface area contributed by atoms with E-state index in [1.807, 2.05) is 30.3 Å². The van der Waals surface area contributed by atoms with Gasteiger partial charge in [-0.1, -0.05) is 19.1 Å². The zero-order valence-corrected chi connectivity index (χ0v) is 15.4. The van der Waals surface area contributed by atoms with Crippen LogP contribution in [0.5, 0.6) is 0 Å². The maximum Gasteiger partial charge on any atom is 0.256 e. The van der Waals surface area contributed by atoms with Crippen molar-refractivity contribution in [2.24, 2.45) is 0 Å². The number of rotatable bonds is 4. The van der Waals surface area contributed by atoms with Crippen molar-refractivity contribution >= 4 is 33.3 Å². The van der Waals surface area contributed by atoms with E-state index >= 15 is 0 Å². The van der Waals surface area contributed by atoms with Crippen LogP contribution >= 0.6 is 15.9 Å². The van der Waals surface area contributed by atoms with Gasteiger partial charge in [-0.25, -0.2) is 4.98 Å². The van der Waals surface area contributed by atoms with E-state index in [0.717, 1.165) is 23.3 Å². The van der Waals surface area contributed by atoms with Crippen LogP contribution in [0.1, 0.15) is 43.0 Å². The highest BCUT2D eigenvalue weighted by molar-refractivity contribution is 9.10. The Labute approximate surface area is 151 Å². The molecule has 4 nitrogen and oxygen atoms in total. The molecular weight excluding hydrogens is 366 g/mol. The number of pyridine rings is 1. The van der Waals surface area contributed by atoms with Crippen molar-refractivity contribution < 1.29 is 4.79 Å². The first-order chi connectivity index (χ1) is 11.7. The van der Waals surface area contributed by atoms with Crippen LogP contribution in [-0.2, 0) is 0 Å². The quantitative estimate of drug-likeness (QED) is 0.813. The van der Waals surface area contributed by atoms with Gasteiger partial charge >= 0.3 is 0 Å². The van der Waals surface area contributed by atoms with Crippen LogP contribution in [0.15, 0.2) is 47.1 Å². The Bertz CT molecular complexity index is 702. The Morgan fingerprint density at radius 1 is 1.29 bits per heavy atom. The number of hydrogen-bond donors (Lipinski definition) is 1. The number of anilines is 2. The van der Waals surface area contributed by atoms with Crippen LogP contribution in [0.4, 0.5) is 11.5 Å². The normalized spacial score (nSPS) is 17.6. The lowest BCUT2D eigenvalue weighted by Crippen LogP contribution is -2.39. The van der Waals surface area contributed by atoms with E-state index in [2.05, 4.69) is 38.1 Å². The number of hydrogen-bond acceptors (Lipinski definition) is 3. The third kappa shape index (κ3) is 3.78. The summed E-state index contributed by atoms with van der Waals surface area (Å²) in [6.07, 6.45) is 6.64. The van der Waals surface area contributed by atoms with Gasteiger partial charge in [0, 0.05) is 17.1 Å². The molecule has 1 aliphatic rings. The molecule has 3 rings (SSSR count). The number of nitrogens with one attached hydrogen (secondary N) is 1. The molecule has 0 spiro atoms. The maximum atomic E-state index is 12.3. The molecule has 2 aromatic rings. The molecule has 1 aromatic heterocycles. The van der Waals surface area contributed by atoms with Crippen LogP contribution in [-0.4, -0.2) is 23.5 Å². The number of carbonyl (C=O) groups is 1. The summed E-state index contributed by atoms with van der Waals surface area (Å²) in [6, 6.07) is 11.9. The first-order valence-corrected chi connectivity index (χ1v) is 9.27. The molecule has 1 fully saturated rings. The molecule has 2 heterocycles. The fourth-order valence-corrected chi connectivity index (χ4v) is 3.67. The lowest BCUT2D eigenvalue weighted by atomic mass is 10.00. The van der Waals surface area contributed by atoms with E-state index < -0.39 is 0 Å². The number of piperidine rings is 1. The average Bonchev–Trinajstić information content (AvgIpc) is 2.62. The van der Waals surface area contributed by atoms with Crippen LogP contribution < -0.4 is 10.2 Å². The first kappa shape index (κ1) is 17.0. The molecule has 1 N–H and O–H groups in total. The van der Waals surface area contributed by atoms with Crippen molar-refractivity contribution in [2.75, 3.05) is 16.8 Å². The van der Waals surface area contributed by atoms with E-state index in [1.165, 1.54) is 19.3 Å². The van der Waals surface area contributed by atoms with Crippen molar-refractivity contribution in [1.29, 1.82) is 0 Å². The van der Waals surface area contributed by atoms with Crippen molar-refractivity contribution in [3.8, 4) is 0 Å². The summed E-state index contributed by atoms with van der Waals surface area (Å²) in [5.41, 5.74) is 1.33. The molecule has 1 aromatic carbocycles. The molecule has 1 saturated heterocycles. The van der Waals surface area contributed by atoms with Gasteiger partial charge in [0.25, 0.3) is 5.91 Å². The largest absolute Gasteiger partial charge is 0.354 e. The Morgan fingerprint density at radius 2 is 2.12 bits per heavy atom. The zero-order chi connectivity index (χ0) is 16.9. The number of aromatic nitrogens is 1. The van der Waals surface area contributed by atoms with Crippen LogP contribution in [0.25, 0.3) is 0 Å². The molecule has 1 aliphatic heterocycles. The lowest BCUT2D eigenvalue weighted by molar-refractivity contribution is 0.102. The van der Waals surface area contributed by atoms with Gasteiger partial charge in [0.2, 0.25) is 0 Å². The van der Waals surface area contributed by atoms with Gasteiger partial charge in [0.05, 0.1) is 17.4 Å². The maximum absolute atomic E-state index is 12.3. The number of benzene rings is 1. The Morgan fingerprint density at radius 3 is 2.83 bits per heavy atom. The predicted octanol–water partition coefficient (Wildman–Crippen LogP) is 4.87. The lowest BCUT2D eigenvalue weighted by Gasteiger charge is -2.36. The SMILES string of the molecule is CCC1CCCCN1c1ccc(NC(=O)c2ccccc2Br)cn1. The molecule has 5 heteroatoms. The van der Waals surface area contributed by atoms with E-state index in [4.69, 9.17) is 0 Å². The highest BCUT2D eigenvalue weighted by Gasteiger charge is 2.21. The molecule has 1 unspecified atom stereocenters. The number of halogens is 1. The Kier molecular flexibility index (Phi) is 5.51. The van der Waals surface area contributed by atoms with Gasteiger partial charge < -0.3 is 10.2 Å². The van der Waals surface area contributed by atoms with E-state index in [9.17, 15) is 4.79 Å². The standard InChI is InChI=1S/C19H22BrN3O/c1-2-15-7-5-6-12-23(15)18-11-10-14(13-21-18)22-19(24)16-8-3-4-9-17(16)20/h3-4,8-11,13,15H,2,5-7,12H2,1H3,(H,22,24). The van der Waals surface area contributed by atoms with Gasteiger partial charge in [-0.3, -0.25) is 4.79 Å². The highest BCUT2D eigenvalue weighted by atomic mass is 79.9. The van der Waals surface area contributed by atoms with Crippen molar-refractivity contribution in [3.63, 3.8) is 0 Å². The third-order valence-corrected chi connectivity index (χ3v) is 5.21. The molecule has 126 valence electrons. The summed E-state index contributed by atoms with van der Waals surface area (Å²) in [4.78, 5) is 19.3. The summed E-state index contributed by atoms with van der Waals surface area (Å²) < 4.78 is 0.784. The predicted molar refractivity (Wildman–Crippen MR) is 102 cm³/mol. The fraction of sp³-hybridized carbons (Fsp3) is 0.368. The van der Waals surface area contributed by atoms with Gasteiger partial charge in [-0.15, -0.1) is 0 Å². The van der Waals surface area contributed by atoms with Crippen molar-refractivity contribution in [1.82, 2.24) is 4.98 Å². The number of carbonyl (C=O) groups excluding carboxylic acids is 1. The molecule has 0 radical (unpaired) electrons. The van der Waals surface area contributed by atoms with E-state index in [0.29, 0.717) is 17.3 Å². The van der Waals surface area contributed by atoms with Gasteiger partial charge in [0.1, 0.15) is 5.82 Å². The van der Waals surface area contributed by atoms with Crippen LogP contribution in [0.3, 0.4) is 0 Å². The summed E-state index contributed by atoms with van der Waals surface area (Å²) in [6.45, 7) is 3.30. The molecule has 1 atom stereocenters. The van der Waals surface area contributed by atoms with Crippen molar-refractivity contribution in [3.05, 3.63) is 52.6 Å². The summed E-state index contributed by atoms with van der Waals surface area (Å²) in [5, 5.41) is 2.90. The molecular formula is C19H22BrN3O. The molecule has 1 amide bonds. The topological polar surface area (TPSA) is 45.2 Å². The third-order valence-electron chi connectivity index (χ3n) is 4.52.